The molecule has 2 heteroatoms. The van der Waals surface area contributed by atoms with Gasteiger partial charge in [-0.15, -0.1) is 0 Å². The Kier molecular flexibility index (Phi) is 3.11. The summed E-state index contributed by atoms with van der Waals surface area (Å²) in [4.78, 5) is 10.9. The molecule has 1 aliphatic carbocycles. The predicted octanol–water partition coefficient (Wildman–Crippen LogP) is 3.59. The zero-order valence-corrected chi connectivity index (χ0v) is 9.63. The Balaban J connectivity index is 2.40. The first-order valence-corrected chi connectivity index (χ1v) is 5.84. The molecule has 1 aromatic carbocycles. The van der Waals surface area contributed by atoms with Crippen molar-refractivity contribution in [3.8, 4) is 0 Å². The van der Waals surface area contributed by atoms with E-state index >= 15 is 0 Å². The van der Waals surface area contributed by atoms with E-state index in [4.69, 9.17) is 11.6 Å². The Morgan fingerprint density at radius 1 is 1.53 bits per heavy atom. The molecule has 0 aromatic heterocycles. The number of hydrogen-bond donors (Lipinski definition) is 0. The Labute approximate surface area is 95.4 Å². The molecule has 0 amide bonds. The van der Waals surface area contributed by atoms with Gasteiger partial charge in [0.15, 0.2) is 0 Å². The first-order chi connectivity index (χ1) is 7.22. The minimum atomic E-state index is 0.0996. The van der Waals surface area contributed by atoms with Gasteiger partial charge in [0.05, 0.1) is 0 Å². The van der Waals surface area contributed by atoms with Gasteiger partial charge in [-0.1, -0.05) is 24.6 Å². The lowest BCUT2D eigenvalue weighted by molar-refractivity contribution is -0.111. The van der Waals surface area contributed by atoms with Gasteiger partial charge in [0, 0.05) is 10.9 Å². The van der Waals surface area contributed by atoms with Crippen LogP contribution in [-0.2, 0) is 11.2 Å². The number of aryl methyl sites for hydroxylation is 1. The lowest BCUT2D eigenvalue weighted by Gasteiger charge is -2.27. The second kappa shape index (κ2) is 4.36. The van der Waals surface area contributed by atoms with Gasteiger partial charge >= 0.3 is 0 Å². The highest BCUT2D eigenvalue weighted by Gasteiger charge is 2.24. The average Bonchev–Trinajstić information content (AvgIpc) is 2.27. The van der Waals surface area contributed by atoms with E-state index in [1.807, 2.05) is 19.1 Å². The van der Waals surface area contributed by atoms with Crippen molar-refractivity contribution in [2.75, 3.05) is 0 Å². The van der Waals surface area contributed by atoms with Gasteiger partial charge in [0.1, 0.15) is 6.29 Å². The molecule has 0 heterocycles. The molecule has 0 saturated heterocycles. The van der Waals surface area contributed by atoms with Crippen LogP contribution in [0, 0.1) is 5.92 Å². The third-order valence-electron chi connectivity index (χ3n) is 3.32. The van der Waals surface area contributed by atoms with Gasteiger partial charge in [-0.05, 0) is 48.4 Å². The fourth-order valence-electron chi connectivity index (χ4n) is 2.45. The van der Waals surface area contributed by atoms with Crippen molar-refractivity contribution in [2.45, 2.75) is 32.1 Å². The van der Waals surface area contributed by atoms with Crippen molar-refractivity contribution in [3.05, 3.63) is 34.3 Å². The molecule has 1 aromatic rings. The number of halogens is 1. The fraction of sp³-hybridized carbons (Fsp3) is 0.462. The van der Waals surface area contributed by atoms with E-state index in [9.17, 15) is 4.79 Å². The first kappa shape index (κ1) is 10.7. The van der Waals surface area contributed by atoms with Gasteiger partial charge in [-0.25, -0.2) is 0 Å². The Hall–Kier alpha value is -0.820. The van der Waals surface area contributed by atoms with Crippen LogP contribution in [-0.4, -0.2) is 6.29 Å². The molecule has 0 N–H and O–H groups in total. The second-order valence-corrected chi connectivity index (χ2v) is 4.77. The maximum atomic E-state index is 10.9. The summed E-state index contributed by atoms with van der Waals surface area (Å²) in [6.07, 6.45) is 4.46. The molecule has 0 spiro atoms. The van der Waals surface area contributed by atoms with Crippen LogP contribution >= 0.6 is 11.6 Å². The summed E-state index contributed by atoms with van der Waals surface area (Å²) in [6, 6.07) is 6.07. The molecule has 80 valence electrons. The molecule has 2 rings (SSSR count). The molecule has 0 aliphatic heterocycles. The van der Waals surface area contributed by atoms with E-state index in [2.05, 4.69) is 6.07 Å². The number of aldehydes is 1. The minimum Gasteiger partial charge on any atom is -0.303 e. The van der Waals surface area contributed by atoms with Crippen LogP contribution in [0.3, 0.4) is 0 Å². The van der Waals surface area contributed by atoms with E-state index < -0.39 is 0 Å². The quantitative estimate of drug-likeness (QED) is 0.699. The molecule has 0 saturated carbocycles. The number of benzene rings is 1. The van der Waals surface area contributed by atoms with Crippen molar-refractivity contribution in [2.24, 2.45) is 5.92 Å². The molecule has 0 bridgehead atoms. The van der Waals surface area contributed by atoms with Crippen LogP contribution in [0.25, 0.3) is 0 Å². The number of rotatable bonds is 2. The van der Waals surface area contributed by atoms with Crippen LogP contribution in [0.1, 0.15) is 36.8 Å². The van der Waals surface area contributed by atoms with E-state index in [1.165, 1.54) is 17.5 Å². The number of carbonyl (C=O) groups excluding carboxylic acids is 1. The monoisotopic (exact) mass is 222 g/mol. The van der Waals surface area contributed by atoms with Crippen molar-refractivity contribution in [1.82, 2.24) is 0 Å². The van der Waals surface area contributed by atoms with Crippen LogP contribution in [0.2, 0.25) is 5.02 Å². The summed E-state index contributed by atoms with van der Waals surface area (Å²) < 4.78 is 0. The van der Waals surface area contributed by atoms with Crippen LogP contribution in [0.4, 0.5) is 0 Å². The molecule has 1 aliphatic rings. The third kappa shape index (κ3) is 2.07. The maximum absolute atomic E-state index is 10.9. The molecule has 0 radical (unpaired) electrons. The molecular weight excluding hydrogens is 208 g/mol. The van der Waals surface area contributed by atoms with Gasteiger partial charge in [0.25, 0.3) is 0 Å². The third-order valence-corrected chi connectivity index (χ3v) is 3.55. The highest BCUT2D eigenvalue weighted by atomic mass is 35.5. The van der Waals surface area contributed by atoms with Crippen molar-refractivity contribution in [1.29, 1.82) is 0 Å². The topological polar surface area (TPSA) is 17.1 Å². The van der Waals surface area contributed by atoms with Crippen molar-refractivity contribution < 1.29 is 4.79 Å². The summed E-state index contributed by atoms with van der Waals surface area (Å²) in [5, 5.41) is 0.777. The Bertz CT molecular complexity index is 373. The SMILES string of the molecule is CC(C=O)C1CCCc2ccc(Cl)cc21. The smallest absolute Gasteiger partial charge is 0.123 e. The standard InChI is InChI=1S/C13H15ClO/c1-9(8-15)12-4-2-3-10-5-6-11(14)7-13(10)12/h5-9,12H,2-4H2,1H3. The van der Waals surface area contributed by atoms with E-state index in [0.29, 0.717) is 5.92 Å². The Morgan fingerprint density at radius 3 is 3.07 bits per heavy atom. The lowest BCUT2D eigenvalue weighted by Crippen LogP contribution is -2.17. The van der Waals surface area contributed by atoms with Gasteiger partial charge < -0.3 is 4.79 Å². The van der Waals surface area contributed by atoms with Crippen LogP contribution in [0.5, 0.6) is 0 Å². The molecule has 0 fully saturated rings. The van der Waals surface area contributed by atoms with Gasteiger partial charge in [-0.2, -0.15) is 0 Å². The molecular formula is C13H15ClO. The van der Waals surface area contributed by atoms with Crippen molar-refractivity contribution in [3.63, 3.8) is 0 Å². The molecule has 15 heavy (non-hydrogen) atoms. The highest BCUT2D eigenvalue weighted by molar-refractivity contribution is 6.30. The van der Waals surface area contributed by atoms with E-state index in [-0.39, 0.29) is 5.92 Å². The van der Waals surface area contributed by atoms with Gasteiger partial charge in [-0.3, -0.25) is 0 Å². The predicted molar refractivity (Wildman–Crippen MR) is 62.4 cm³/mol. The normalized spacial score (nSPS) is 21.9. The number of carbonyl (C=O) groups is 1. The fourth-order valence-corrected chi connectivity index (χ4v) is 2.63. The summed E-state index contributed by atoms with van der Waals surface area (Å²) in [6.45, 7) is 1.99. The van der Waals surface area contributed by atoms with E-state index in [0.717, 1.165) is 24.2 Å². The minimum absolute atomic E-state index is 0.0996. The number of fused-ring (bicyclic) bond motifs is 1. The second-order valence-electron chi connectivity index (χ2n) is 4.34. The summed E-state index contributed by atoms with van der Waals surface area (Å²) in [7, 11) is 0. The summed E-state index contributed by atoms with van der Waals surface area (Å²) in [5.74, 6) is 0.465. The van der Waals surface area contributed by atoms with Gasteiger partial charge in [0.2, 0.25) is 0 Å². The highest BCUT2D eigenvalue weighted by Crippen LogP contribution is 2.37. The molecule has 2 unspecified atom stereocenters. The summed E-state index contributed by atoms with van der Waals surface area (Å²) in [5.41, 5.74) is 2.65. The Morgan fingerprint density at radius 2 is 2.33 bits per heavy atom. The summed E-state index contributed by atoms with van der Waals surface area (Å²) >= 11 is 6.00. The van der Waals surface area contributed by atoms with Crippen LogP contribution in [0.15, 0.2) is 18.2 Å². The zero-order valence-electron chi connectivity index (χ0n) is 8.87. The maximum Gasteiger partial charge on any atom is 0.123 e. The largest absolute Gasteiger partial charge is 0.303 e. The van der Waals surface area contributed by atoms with E-state index in [1.54, 1.807) is 0 Å². The lowest BCUT2D eigenvalue weighted by atomic mass is 9.77. The zero-order chi connectivity index (χ0) is 10.8. The number of hydrogen-bond acceptors (Lipinski definition) is 1. The van der Waals surface area contributed by atoms with Crippen LogP contribution < -0.4 is 0 Å². The first-order valence-electron chi connectivity index (χ1n) is 5.46. The molecule has 2 atom stereocenters. The average molecular weight is 223 g/mol. The van der Waals surface area contributed by atoms with Crippen molar-refractivity contribution >= 4 is 17.9 Å². The molecule has 1 nitrogen and oxygen atoms in total.